The molecule has 0 aliphatic rings. The number of hydrogen-bond acceptors (Lipinski definition) is 2. The van der Waals surface area contributed by atoms with E-state index in [2.05, 4.69) is 48.6 Å². The first-order valence-electron chi connectivity index (χ1n) is 6.13. The molecule has 2 nitrogen and oxygen atoms in total. The molecule has 0 aromatic heterocycles. The predicted octanol–water partition coefficient (Wildman–Crippen LogP) is 3.39. The van der Waals surface area contributed by atoms with Crippen LogP contribution in [0.3, 0.4) is 0 Å². The maximum Gasteiger partial charge on any atom is 0.119 e. The van der Waals surface area contributed by atoms with Crippen LogP contribution in [0.1, 0.15) is 11.1 Å². The molecule has 0 fully saturated rings. The van der Waals surface area contributed by atoms with Gasteiger partial charge in [-0.15, -0.1) is 0 Å². The summed E-state index contributed by atoms with van der Waals surface area (Å²) in [7, 11) is 3.66. The van der Waals surface area contributed by atoms with Crippen LogP contribution in [0.4, 0.5) is 0 Å². The van der Waals surface area contributed by atoms with Gasteiger partial charge in [0.05, 0.1) is 7.11 Å². The van der Waals surface area contributed by atoms with Crippen LogP contribution in [-0.2, 0) is 6.54 Å². The minimum Gasteiger partial charge on any atom is -0.497 e. The third-order valence-electron chi connectivity index (χ3n) is 3.04. The van der Waals surface area contributed by atoms with Crippen LogP contribution in [0.25, 0.3) is 11.1 Å². The molecule has 0 spiro atoms. The average Bonchev–Trinajstić information content (AvgIpc) is 2.40. The first-order valence-corrected chi connectivity index (χ1v) is 6.13. The normalized spacial score (nSPS) is 10.4. The van der Waals surface area contributed by atoms with Crippen molar-refractivity contribution in [1.29, 1.82) is 0 Å². The lowest BCUT2D eigenvalue weighted by Gasteiger charge is -2.11. The van der Waals surface area contributed by atoms with Crippen molar-refractivity contribution in [2.75, 3.05) is 14.2 Å². The zero-order valence-electron chi connectivity index (χ0n) is 11.2. The minimum absolute atomic E-state index is 0.834. The van der Waals surface area contributed by atoms with Gasteiger partial charge in [0.2, 0.25) is 0 Å². The fourth-order valence-electron chi connectivity index (χ4n) is 2.05. The van der Waals surface area contributed by atoms with Gasteiger partial charge in [-0.2, -0.15) is 0 Å². The summed E-state index contributed by atoms with van der Waals surface area (Å²) in [6.45, 7) is 2.94. The molecule has 94 valence electrons. The molecular formula is C16H19NO. The number of rotatable bonds is 4. The molecule has 2 aromatic carbocycles. The van der Waals surface area contributed by atoms with E-state index < -0.39 is 0 Å². The number of nitrogens with one attached hydrogen (secondary N) is 1. The summed E-state index contributed by atoms with van der Waals surface area (Å²) >= 11 is 0. The Morgan fingerprint density at radius 3 is 2.39 bits per heavy atom. The molecule has 2 rings (SSSR count). The maximum atomic E-state index is 5.28. The third kappa shape index (κ3) is 2.71. The van der Waals surface area contributed by atoms with Crippen LogP contribution in [0, 0.1) is 6.92 Å². The highest BCUT2D eigenvalue weighted by Gasteiger charge is 2.06. The van der Waals surface area contributed by atoms with Crippen molar-refractivity contribution >= 4 is 0 Å². The van der Waals surface area contributed by atoms with E-state index in [1.807, 2.05) is 13.1 Å². The van der Waals surface area contributed by atoms with E-state index in [-0.39, 0.29) is 0 Å². The van der Waals surface area contributed by atoms with Gasteiger partial charge in [0.15, 0.2) is 0 Å². The Kier molecular flexibility index (Phi) is 4.00. The third-order valence-corrected chi connectivity index (χ3v) is 3.04. The predicted molar refractivity (Wildman–Crippen MR) is 75.9 cm³/mol. The number of methoxy groups -OCH3 is 1. The molecular weight excluding hydrogens is 222 g/mol. The van der Waals surface area contributed by atoms with E-state index in [9.17, 15) is 0 Å². The van der Waals surface area contributed by atoms with E-state index in [0.29, 0.717) is 0 Å². The van der Waals surface area contributed by atoms with Gasteiger partial charge in [-0.3, -0.25) is 0 Å². The van der Waals surface area contributed by atoms with Gasteiger partial charge < -0.3 is 10.1 Å². The lowest BCUT2D eigenvalue weighted by atomic mass is 9.98. The molecule has 0 bridgehead atoms. The number of hydrogen-bond donors (Lipinski definition) is 1. The second-order valence-corrected chi connectivity index (χ2v) is 4.42. The van der Waals surface area contributed by atoms with Crippen LogP contribution < -0.4 is 10.1 Å². The smallest absolute Gasteiger partial charge is 0.119 e. The van der Waals surface area contributed by atoms with Gasteiger partial charge in [-0.25, -0.2) is 0 Å². The minimum atomic E-state index is 0.834. The van der Waals surface area contributed by atoms with Gasteiger partial charge >= 0.3 is 0 Å². The Morgan fingerprint density at radius 1 is 1.06 bits per heavy atom. The van der Waals surface area contributed by atoms with Crippen molar-refractivity contribution in [3.05, 3.63) is 53.6 Å². The highest BCUT2D eigenvalue weighted by Crippen LogP contribution is 2.27. The van der Waals surface area contributed by atoms with Crippen LogP contribution in [0.5, 0.6) is 5.75 Å². The summed E-state index contributed by atoms with van der Waals surface area (Å²) in [5, 5.41) is 3.20. The largest absolute Gasteiger partial charge is 0.497 e. The van der Waals surface area contributed by atoms with Crippen LogP contribution in [-0.4, -0.2) is 14.2 Å². The Morgan fingerprint density at radius 2 is 1.78 bits per heavy atom. The highest BCUT2D eigenvalue weighted by molar-refractivity contribution is 5.68. The van der Waals surface area contributed by atoms with Crippen molar-refractivity contribution in [2.45, 2.75) is 13.5 Å². The van der Waals surface area contributed by atoms with Crippen molar-refractivity contribution < 1.29 is 4.74 Å². The molecule has 2 heteroatoms. The summed E-state index contributed by atoms with van der Waals surface area (Å²) in [6, 6.07) is 14.8. The van der Waals surface area contributed by atoms with E-state index in [4.69, 9.17) is 4.74 Å². The lowest BCUT2D eigenvalue weighted by Crippen LogP contribution is -2.06. The zero-order valence-corrected chi connectivity index (χ0v) is 11.2. The van der Waals surface area contributed by atoms with Gasteiger partial charge in [-0.1, -0.05) is 35.9 Å². The van der Waals surface area contributed by atoms with E-state index in [1.165, 1.54) is 22.3 Å². The van der Waals surface area contributed by atoms with E-state index in [0.717, 1.165) is 12.3 Å². The highest BCUT2D eigenvalue weighted by atomic mass is 16.5. The molecule has 0 radical (unpaired) electrons. The fourth-order valence-corrected chi connectivity index (χ4v) is 2.05. The van der Waals surface area contributed by atoms with Gasteiger partial charge in [0.1, 0.15) is 5.75 Å². The molecule has 0 saturated carbocycles. The summed E-state index contributed by atoms with van der Waals surface area (Å²) in [6.07, 6.45) is 0. The van der Waals surface area contributed by atoms with Crippen molar-refractivity contribution in [3.8, 4) is 16.9 Å². The second-order valence-electron chi connectivity index (χ2n) is 4.42. The topological polar surface area (TPSA) is 21.3 Å². The number of ether oxygens (including phenoxy) is 1. The monoisotopic (exact) mass is 241 g/mol. The Bertz CT molecular complexity index is 517. The van der Waals surface area contributed by atoms with Crippen molar-refractivity contribution in [1.82, 2.24) is 5.32 Å². The molecule has 0 unspecified atom stereocenters. The molecule has 0 heterocycles. The first-order chi connectivity index (χ1) is 8.74. The quantitative estimate of drug-likeness (QED) is 0.886. The van der Waals surface area contributed by atoms with E-state index >= 15 is 0 Å². The molecule has 0 amide bonds. The molecule has 0 atom stereocenters. The fraction of sp³-hybridized carbons (Fsp3) is 0.250. The average molecular weight is 241 g/mol. The summed E-state index contributed by atoms with van der Waals surface area (Å²) in [4.78, 5) is 0. The van der Waals surface area contributed by atoms with Crippen molar-refractivity contribution in [2.24, 2.45) is 0 Å². The van der Waals surface area contributed by atoms with E-state index in [1.54, 1.807) is 7.11 Å². The van der Waals surface area contributed by atoms with Crippen LogP contribution in [0.15, 0.2) is 42.5 Å². The lowest BCUT2D eigenvalue weighted by molar-refractivity contribution is 0.414. The summed E-state index contributed by atoms with van der Waals surface area (Å²) in [5.41, 5.74) is 5.03. The van der Waals surface area contributed by atoms with Crippen LogP contribution in [0.2, 0.25) is 0 Å². The zero-order chi connectivity index (χ0) is 13.0. The van der Waals surface area contributed by atoms with Crippen LogP contribution >= 0.6 is 0 Å². The van der Waals surface area contributed by atoms with Crippen molar-refractivity contribution in [3.63, 3.8) is 0 Å². The van der Waals surface area contributed by atoms with Gasteiger partial charge in [0, 0.05) is 6.54 Å². The molecule has 1 N–H and O–H groups in total. The Labute approximate surface area is 109 Å². The second kappa shape index (κ2) is 5.69. The molecule has 0 aliphatic heterocycles. The molecule has 0 saturated heterocycles. The number of aryl methyl sites for hydroxylation is 1. The molecule has 2 aromatic rings. The molecule has 0 aliphatic carbocycles. The van der Waals surface area contributed by atoms with Gasteiger partial charge in [0.25, 0.3) is 0 Å². The SMILES string of the molecule is CNCc1cc(OC)ccc1-c1ccc(C)cc1. The molecule has 18 heavy (non-hydrogen) atoms. The summed E-state index contributed by atoms with van der Waals surface area (Å²) < 4.78 is 5.28. The summed E-state index contributed by atoms with van der Waals surface area (Å²) in [5.74, 6) is 0.899. The Balaban J connectivity index is 2.45. The maximum absolute atomic E-state index is 5.28. The first kappa shape index (κ1) is 12.7. The standard InChI is InChI=1S/C16H19NO/c1-12-4-6-13(7-5-12)16-9-8-15(18-3)10-14(16)11-17-2/h4-10,17H,11H2,1-3H3. The van der Waals surface area contributed by atoms with Gasteiger partial charge in [-0.05, 0) is 42.8 Å². The number of benzene rings is 2. The Hall–Kier alpha value is -1.80.